The zero-order valence-corrected chi connectivity index (χ0v) is 23.3. The molecule has 0 aliphatic heterocycles. The van der Waals surface area contributed by atoms with Gasteiger partial charge in [-0.25, -0.2) is 9.59 Å². The van der Waals surface area contributed by atoms with Crippen molar-refractivity contribution < 1.29 is 23.9 Å². The van der Waals surface area contributed by atoms with E-state index in [2.05, 4.69) is 6.92 Å². The van der Waals surface area contributed by atoms with Crippen LogP contribution in [0.5, 0.6) is 0 Å². The molecule has 1 amide bonds. The highest BCUT2D eigenvalue weighted by Gasteiger charge is 2.37. The Morgan fingerprint density at radius 2 is 1.47 bits per heavy atom. The molecule has 1 aliphatic carbocycles. The molecule has 0 saturated carbocycles. The van der Waals surface area contributed by atoms with Gasteiger partial charge in [0.25, 0.3) is 0 Å². The fourth-order valence-corrected chi connectivity index (χ4v) is 4.15. The van der Waals surface area contributed by atoms with E-state index >= 15 is 0 Å². The third-order valence-corrected chi connectivity index (χ3v) is 5.79. The average molecular weight is 498 g/mol. The molecular formula is C30H43NO5. The number of unbranched alkanes of at least 4 members (excludes halogenated alkanes) is 3. The van der Waals surface area contributed by atoms with E-state index < -0.39 is 29.1 Å². The minimum absolute atomic E-state index is 0.0813. The molecule has 0 N–H and O–H groups in total. The van der Waals surface area contributed by atoms with Crippen LogP contribution in [0.15, 0.2) is 53.1 Å². The third kappa shape index (κ3) is 8.65. The minimum atomic E-state index is -0.744. The molecule has 36 heavy (non-hydrogen) atoms. The van der Waals surface area contributed by atoms with Crippen LogP contribution in [0.4, 0.5) is 5.69 Å². The van der Waals surface area contributed by atoms with Crippen LogP contribution in [0.3, 0.4) is 0 Å². The monoisotopic (exact) mass is 497 g/mol. The summed E-state index contributed by atoms with van der Waals surface area (Å²) in [4.78, 5) is 42.0. The van der Waals surface area contributed by atoms with E-state index in [1.165, 1.54) is 0 Å². The fourth-order valence-electron chi connectivity index (χ4n) is 4.15. The molecule has 1 aromatic carbocycles. The summed E-state index contributed by atoms with van der Waals surface area (Å²) in [5, 5.41) is 0. The van der Waals surface area contributed by atoms with Crippen molar-refractivity contribution in [1.82, 2.24) is 0 Å². The lowest BCUT2D eigenvalue weighted by Crippen LogP contribution is -2.37. The first-order chi connectivity index (χ1) is 16.7. The van der Waals surface area contributed by atoms with E-state index in [0.29, 0.717) is 12.0 Å². The van der Waals surface area contributed by atoms with Crippen molar-refractivity contribution in [3.05, 3.63) is 53.1 Å². The minimum Gasteiger partial charge on any atom is -0.457 e. The Morgan fingerprint density at radius 3 is 2.03 bits per heavy atom. The lowest BCUT2D eigenvalue weighted by atomic mass is 9.81. The van der Waals surface area contributed by atoms with E-state index in [1.54, 1.807) is 53.5 Å². The summed E-state index contributed by atoms with van der Waals surface area (Å²) < 4.78 is 11.4. The number of nitrogens with zero attached hydrogens (tertiary/aromatic N) is 1. The molecule has 1 unspecified atom stereocenters. The van der Waals surface area contributed by atoms with Crippen molar-refractivity contribution >= 4 is 23.5 Å². The Morgan fingerprint density at radius 1 is 0.889 bits per heavy atom. The lowest BCUT2D eigenvalue weighted by Gasteiger charge is -2.30. The molecule has 0 aromatic heterocycles. The Hall–Kier alpha value is -2.89. The van der Waals surface area contributed by atoms with Gasteiger partial charge in [-0.15, -0.1) is 0 Å². The number of anilines is 1. The molecule has 1 atom stereocenters. The number of ether oxygens (including phenoxy) is 2. The van der Waals surface area contributed by atoms with Gasteiger partial charge in [0.2, 0.25) is 5.91 Å². The van der Waals surface area contributed by atoms with Crippen molar-refractivity contribution in [3.63, 3.8) is 0 Å². The number of benzene rings is 1. The highest BCUT2D eigenvalue weighted by Crippen LogP contribution is 2.36. The molecule has 6 heteroatoms. The second-order valence-electron chi connectivity index (χ2n) is 11.4. The van der Waals surface area contributed by atoms with Gasteiger partial charge in [0.1, 0.15) is 11.2 Å². The predicted molar refractivity (Wildman–Crippen MR) is 144 cm³/mol. The van der Waals surface area contributed by atoms with Gasteiger partial charge in [-0.05, 0) is 78.5 Å². The van der Waals surface area contributed by atoms with Crippen LogP contribution in [0, 0.1) is 5.92 Å². The van der Waals surface area contributed by atoms with Gasteiger partial charge >= 0.3 is 11.9 Å². The summed E-state index contributed by atoms with van der Waals surface area (Å²) in [7, 11) is 1.73. The first kappa shape index (κ1) is 29.3. The summed E-state index contributed by atoms with van der Waals surface area (Å²) in [6.45, 7) is 12.9. The van der Waals surface area contributed by atoms with Crippen molar-refractivity contribution in [2.75, 3.05) is 11.9 Å². The maximum absolute atomic E-state index is 13.6. The molecule has 198 valence electrons. The average Bonchev–Trinajstić information content (AvgIpc) is 2.78. The Balaban J connectivity index is 2.53. The summed E-state index contributed by atoms with van der Waals surface area (Å²) in [5.41, 5.74) is 0.449. The summed E-state index contributed by atoms with van der Waals surface area (Å²) in [6, 6.07) is 9.39. The van der Waals surface area contributed by atoms with Gasteiger partial charge in [-0.1, -0.05) is 50.5 Å². The van der Waals surface area contributed by atoms with Gasteiger partial charge in [-0.2, -0.15) is 0 Å². The SMILES string of the molecule is CCCCCCC1=CC(C(=O)N(C)c2ccccc2)CC(C(=O)OC(C)(C)C)=C1C(=O)OC(C)(C)C. The lowest BCUT2D eigenvalue weighted by molar-refractivity contribution is -0.153. The molecule has 0 fully saturated rings. The van der Waals surface area contributed by atoms with Gasteiger partial charge in [0, 0.05) is 12.7 Å². The van der Waals surface area contributed by atoms with Crippen molar-refractivity contribution in [3.8, 4) is 0 Å². The Labute approximate surface area is 216 Å². The molecule has 0 radical (unpaired) electrons. The molecule has 2 rings (SSSR count). The van der Waals surface area contributed by atoms with Crippen LogP contribution in [0.1, 0.15) is 87.0 Å². The highest BCUT2D eigenvalue weighted by molar-refractivity contribution is 6.06. The second kappa shape index (κ2) is 12.4. The number of amides is 1. The number of para-hydroxylation sites is 1. The topological polar surface area (TPSA) is 72.9 Å². The molecule has 0 bridgehead atoms. The Kier molecular flexibility index (Phi) is 10.1. The zero-order chi connectivity index (χ0) is 27.1. The van der Waals surface area contributed by atoms with Crippen LogP contribution in [0.25, 0.3) is 0 Å². The van der Waals surface area contributed by atoms with Crippen LogP contribution in [-0.2, 0) is 23.9 Å². The van der Waals surface area contributed by atoms with Crippen LogP contribution in [-0.4, -0.2) is 36.1 Å². The molecule has 6 nitrogen and oxygen atoms in total. The molecule has 0 spiro atoms. The normalized spacial score (nSPS) is 16.3. The first-order valence-corrected chi connectivity index (χ1v) is 13.0. The molecule has 1 aliphatic rings. The third-order valence-electron chi connectivity index (χ3n) is 5.79. The number of carbonyl (C=O) groups excluding carboxylic acids is 3. The van der Waals surface area contributed by atoms with Crippen molar-refractivity contribution in [1.29, 1.82) is 0 Å². The van der Waals surface area contributed by atoms with E-state index in [9.17, 15) is 14.4 Å². The zero-order valence-electron chi connectivity index (χ0n) is 23.3. The first-order valence-electron chi connectivity index (χ1n) is 13.0. The standard InChI is InChI=1S/C30H43NO5/c1-9-10-11-13-16-21-19-22(26(32)31(8)23-17-14-12-15-18-23)20-24(27(33)35-29(2,3)4)25(21)28(34)36-30(5,6)7/h12,14-15,17-19,22H,9-11,13,16,20H2,1-8H3. The summed E-state index contributed by atoms with van der Waals surface area (Å²) >= 11 is 0. The van der Waals surface area contributed by atoms with E-state index in [1.807, 2.05) is 36.4 Å². The van der Waals surface area contributed by atoms with Gasteiger partial charge in [0.05, 0.1) is 17.1 Å². The number of carbonyl (C=O) groups is 3. The van der Waals surface area contributed by atoms with Crippen LogP contribution >= 0.6 is 0 Å². The highest BCUT2D eigenvalue weighted by atomic mass is 16.6. The van der Waals surface area contributed by atoms with Crippen molar-refractivity contribution in [2.24, 2.45) is 5.92 Å². The van der Waals surface area contributed by atoms with Gasteiger partial charge in [0.15, 0.2) is 0 Å². The molecule has 0 heterocycles. The molecular weight excluding hydrogens is 454 g/mol. The maximum Gasteiger partial charge on any atom is 0.339 e. The second-order valence-corrected chi connectivity index (χ2v) is 11.4. The molecule has 1 aromatic rings. The van der Waals surface area contributed by atoms with Crippen LogP contribution in [0.2, 0.25) is 0 Å². The number of rotatable bonds is 9. The summed E-state index contributed by atoms with van der Waals surface area (Å²) in [6.07, 6.45) is 6.54. The molecule has 0 saturated heterocycles. The van der Waals surface area contributed by atoms with E-state index in [4.69, 9.17) is 9.47 Å². The maximum atomic E-state index is 13.6. The summed E-state index contributed by atoms with van der Waals surface area (Å²) in [5.74, 6) is -1.86. The fraction of sp³-hybridized carbons (Fsp3) is 0.567. The van der Waals surface area contributed by atoms with Crippen molar-refractivity contribution in [2.45, 2.75) is 98.2 Å². The number of hydrogen-bond acceptors (Lipinski definition) is 5. The predicted octanol–water partition coefficient (Wildman–Crippen LogP) is 6.55. The van der Waals surface area contributed by atoms with Gasteiger partial charge < -0.3 is 14.4 Å². The Bertz CT molecular complexity index is 992. The van der Waals surface area contributed by atoms with Crippen LogP contribution < -0.4 is 4.90 Å². The largest absolute Gasteiger partial charge is 0.457 e. The smallest absolute Gasteiger partial charge is 0.339 e. The number of esters is 2. The van der Waals surface area contributed by atoms with Gasteiger partial charge in [-0.3, -0.25) is 4.79 Å². The quantitative estimate of drug-likeness (QED) is 0.286. The van der Waals surface area contributed by atoms with E-state index in [0.717, 1.165) is 31.4 Å². The number of hydrogen-bond donors (Lipinski definition) is 0. The van der Waals surface area contributed by atoms with E-state index in [-0.39, 0.29) is 23.5 Å².